The lowest BCUT2D eigenvalue weighted by molar-refractivity contribution is 0.0597. The van der Waals surface area contributed by atoms with E-state index in [9.17, 15) is 9.90 Å². The summed E-state index contributed by atoms with van der Waals surface area (Å²) in [7, 11) is 1.26. The van der Waals surface area contributed by atoms with Crippen molar-refractivity contribution in [3.8, 4) is 28.3 Å². The fourth-order valence-electron chi connectivity index (χ4n) is 2.96. The van der Waals surface area contributed by atoms with E-state index in [-0.39, 0.29) is 17.3 Å². The zero-order chi connectivity index (χ0) is 19.7. The lowest BCUT2D eigenvalue weighted by atomic mass is 10.1. The van der Waals surface area contributed by atoms with Crippen LogP contribution in [0.25, 0.3) is 33.5 Å². The highest BCUT2D eigenvalue weighted by Crippen LogP contribution is 2.30. The zero-order valence-corrected chi connectivity index (χ0v) is 15.0. The Bertz CT molecular complexity index is 1190. The fraction of sp³-hybridized carbons (Fsp3) is 0.0476. The summed E-state index contributed by atoms with van der Waals surface area (Å²) in [4.78, 5) is 25.0. The number of fused-ring (bicyclic) bond motifs is 1. The number of aromatic nitrogens is 3. The maximum Gasteiger partial charge on any atom is 0.341 e. The van der Waals surface area contributed by atoms with Crippen LogP contribution in [0.1, 0.15) is 10.4 Å². The van der Waals surface area contributed by atoms with Gasteiger partial charge in [0.05, 0.1) is 18.3 Å². The Labute approximate surface area is 160 Å². The molecule has 2 heterocycles. The molecule has 2 aromatic carbocycles. The molecule has 0 unspecified atom stereocenters. The van der Waals surface area contributed by atoms with Crippen molar-refractivity contribution in [2.24, 2.45) is 0 Å². The van der Waals surface area contributed by atoms with Gasteiger partial charge in [-0.1, -0.05) is 36.4 Å². The highest BCUT2D eigenvalue weighted by Gasteiger charge is 2.15. The third kappa shape index (κ3) is 3.09. The van der Waals surface area contributed by atoms with Gasteiger partial charge in [0.15, 0.2) is 0 Å². The quantitative estimate of drug-likeness (QED) is 0.530. The summed E-state index contributed by atoms with van der Waals surface area (Å²) in [5, 5.41) is 10.2. The normalized spacial score (nSPS) is 10.8. The standard InChI is InChI=1S/C21H16N4O3/c1-28-20(27)14-8-7-13(11-17(14)26)15-9-10-16-19(23-15)18(25-21(22)24-16)12-5-3-2-4-6-12/h2-11,26H,1H3,(H2,22,24,25). The molecule has 3 N–H and O–H groups in total. The van der Waals surface area contributed by atoms with Gasteiger partial charge >= 0.3 is 5.97 Å². The van der Waals surface area contributed by atoms with Gasteiger partial charge in [-0.15, -0.1) is 0 Å². The van der Waals surface area contributed by atoms with Crippen LogP contribution in [0.5, 0.6) is 5.75 Å². The number of phenols is 1. The summed E-state index contributed by atoms with van der Waals surface area (Å²) in [6.45, 7) is 0. The second-order valence-electron chi connectivity index (χ2n) is 6.08. The molecule has 0 saturated heterocycles. The Hall–Kier alpha value is -4.00. The largest absolute Gasteiger partial charge is 0.507 e. The number of nitrogens with zero attached hydrogens (tertiary/aromatic N) is 3. The number of hydrogen-bond donors (Lipinski definition) is 2. The van der Waals surface area contributed by atoms with Gasteiger partial charge in [-0.25, -0.2) is 19.7 Å². The van der Waals surface area contributed by atoms with Crippen LogP contribution in [-0.4, -0.2) is 33.1 Å². The van der Waals surface area contributed by atoms with Crippen molar-refractivity contribution in [2.75, 3.05) is 12.8 Å². The van der Waals surface area contributed by atoms with E-state index in [1.165, 1.54) is 19.2 Å². The van der Waals surface area contributed by atoms with Crippen LogP contribution >= 0.6 is 0 Å². The third-order valence-electron chi connectivity index (χ3n) is 4.31. The van der Waals surface area contributed by atoms with E-state index < -0.39 is 5.97 Å². The van der Waals surface area contributed by atoms with Crippen LogP contribution in [0, 0.1) is 0 Å². The minimum Gasteiger partial charge on any atom is -0.507 e. The number of benzene rings is 2. The second kappa shape index (κ2) is 6.96. The molecule has 0 aliphatic rings. The van der Waals surface area contributed by atoms with Crippen molar-refractivity contribution in [3.05, 3.63) is 66.2 Å². The number of methoxy groups -OCH3 is 1. The monoisotopic (exact) mass is 372 g/mol. The fourth-order valence-corrected chi connectivity index (χ4v) is 2.96. The van der Waals surface area contributed by atoms with E-state index >= 15 is 0 Å². The average molecular weight is 372 g/mol. The van der Waals surface area contributed by atoms with Crippen molar-refractivity contribution in [2.45, 2.75) is 0 Å². The average Bonchev–Trinajstić information content (AvgIpc) is 2.73. The molecule has 0 spiro atoms. The van der Waals surface area contributed by atoms with Gasteiger partial charge in [0.2, 0.25) is 5.95 Å². The van der Waals surface area contributed by atoms with E-state index in [1.807, 2.05) is 30.3 Å². The maximum atomic E-state index is 11.7. The molecule has 138 valence electrons. The number of nitrogens with two attached hydrogens (primary N) is 1. The molecule has 4 aromatic rings. The summed E-state index contributed by atoms with van der Waals surface area (Å²) >= 11 is 0. The summed E-state index contributed by atoms with van der Waals surface area (Å²) in [5.74, 6) is -0.616. The number of anilines is 1. The van der Waals surface area contributed by atoms with Crippen LogP contribution < -0.4 is 5.73 Å². The highest BCUT2D eigenvalue weighted by atomic mass is 16.5. The van der Waals surface area contributed by atoms with Crippen molar-refractivity contribution < 1.29 is 14.6 Å². The van der Waals surface area contributed by atoms with Crippen molar-refractivity contribution in [1.82, 2.24) is 15.0 Å². The number of rotatable bonds is 3. The molecule has 0 fully saturated rings. The van der Waals surface area contributed by atoms with E-state index in [0.717, 1.165) is 5.56 Å². The molecule has 0 radical (unpaired) electrons. The van der Waals surface area contributed by atoms with Crippen LogP contribution in [0.4, 0.5) is 5.95 Å². The summed E-state index contributed by atoms with van der Waals surface area (Å²) in [6.07, 6.45) is 0. The molecule has 0 bridgehead atoms. The van der Waals surface area contributed by atoms with Gasteiger partial charge in [-0.2, -0.15) is 0 Å². The lowest BCUT2D eigenvalue weighted by Crippen LogP contribution is -2.02. The van der Waals surface area contributed by atoms with E-state index in [2.05, 4.69) is 14.7 Å². The molecule has 7 nitrogen and oxygen atoms in total. The van der Waals surface area contributed by atoms with Crippen LogP contribution in [0.15, 0.2) is 60.7 Å². The molecule has 0 aliphatic carbocycles. The number of hydrogen-bond acceptors (Lipinski definition) is 7. The smallest absolute Gasteiger partial charge is 0.341 e. The molecule has 28 heavy (non-hydrogen) atoms. The van der Waals surface area contributed by atoms with E-state index in [1.54, 1.807) is 18.2 Å². The Morgan fingerprint density at radius 3 is 2.46 bits per heavy atom. The summed E-state index contributed by atoms with van der Waals surface area (Å²) < 4.78 is 4.65. The first kappa shape index (κ1) is 17.4. The molecule has 0 amide bonds. The molecule has 2 aromatic heterocycles. The number of ether oxygens (including phenoxy) is 1. The van der Waals surface area contributed by atoms with Gasteiger partial charge in [-0.3, -0.25) is 0 Å². The van der Waals surface area contributed by atoms with Gasteiger partial charge in [0.25, 0.3) is 0 Å². The van der Waals surface area contributed by atoms with Gasteiger partial charge in [0, 0.05) is 11.1 Å². The van der Waals surface area contributed by atoms with Gasteiger partial charge in [0.1, 0.15) is 22.5 Å². The molecule has 7 heteroatoms. The van der Waals surface area contributed by atoms with Crippen LogP contribution in [0.3, 0.4) is 0 Å². The lowest BCUT2D eigenvalue weighted by Gasteiger charge is -2.09. The minimum atomic E-state index is -0.606. The van der Waals surface area contributed by atoms with Gasteiger partial charge < -0.3 is 15.6 Å². The van der Waals surface area contributed by atoms with E-state index in [4.69, 9.17) is 10.7 Å². The number of nitrogen functional groups attached to an aromatic ring is 1. The minimum absolute atomic E-state index is 0.0909. The number of carbonyl (C=O) groups excluding carboxylic acids is 1. The van der Waals surface area contributed by atoms with E-state index in [0.29, 0.717) is 28.0 Å². The number of carbonyl (C=O) groups is 1. The van der Waals surface area contributed by atoms with Gasteiger partial charge in [-0.05, 0) is 24.3 Å². The molecule has 0 aliphatic heterocycles. The number of aromatic hydroxyl groups is 1. The molecular weight excluding hydrogens is 356 g/mol. The Morgan fingerprint density at radius 1 is 0.964 bits per heavy atom. The first-order chi connectivity index (χ1) is 13.6. The SMILES string of the molecule is COC(=O)c1ccc(-c2ccc3nc(N)nc(-c4ccccc4)c3n2)cc1O. The first-order valence-electron chi connectivity index (χ1n) is 8.48. The Morgan fingerprint density at radius 2 is 1.75 bits per heavy atom. The Kier molecular flexibility index (Phi) is 4.33. The number of pyridine rings is 1. The Balaban J connectivity index is 1.87. The molecule has 4 rings (SSSR count). The number of esters is 1. The summed E-state index contributed by atoms with van der Waals surface area (Å²) in [6, 6.07) is 17.8. The van der Waals surface area contributed by atoms with Crippen LogP contribution in [0.2, 0.25) is 0 Å². The van der Waals surface area contributed by atoms with Crippen LogP contribution in [-0.2, 0) is 4.74 Å². The second-order valence-corrected chi connectivity index (χ2v) is 6.08. The van der Waals surface area contributed by atoms with Crippen molar-refractivity contribution >= 4 is 23.0 Å². The topological polar surface area (TPSA) is 111 Å². The molecule has 0 atom stereocenters. The predicted octanol–water partition coefficient (Wildman–Crippen LogP) is 3.43. The first-order valence-corrected chi connectivity index (χ1v) is 8.48. The molecule has 0 saturated carbocycles. The summed E-state index contributed by atoms with van der Waals surface area (Å²) in [5.41, 5.74) is 9.90. The third-order valence-corrected chi connectivity index (χ3v) is 4.31. The highest BCUT2D eigenvalue weighted by molar-refractivity contribution is 5.94. The number of phenolic OH excluding ortho intramolecular Hbond substituents is 1. The maximum absolute atomic E-state index is 11.7. The van der Waals surface area contributed by atoms with Crippen molar-refractivity contribution in [3.63, 3.8) is 0 Å². The molecular formula is C21H16N4O3. The van der Waals surface area contributed by atoms with Crippen molar-refractivity contribution in [1.29, 1.82) is 0 Å². The predicted molar refractivity (Wildman–Crippen MR) is 106 cm³/mol. The zero-order valence-electron chi connectivity index (χ0n) is 15.0.